The van der Waals surface area contributed by atoms with E-state index >= 15 is 0 Å². The zero-order valence-corrected chi connectivity index (χ0v) is 18.4. The van der Waals surface area contributed by atoms with E-state index in [0.29, 0.717) is 11.6 Å². The second kappa shape index (κ2) is 8.32. The van der Waals surface area contributed by atoms with Gasteiger partial charge in [0.1, 0.15) is 5.75 Å². The largest absolute Gasteiger partial charge is 0.496 e. The first-order valence-corrected chi connectivity index (χ1v) is 9.75. The third-order valence-electron chi connectivity index (χ3n) is 4.36. The normalized spacial score (nSPS) is 11.4. The number of hydrogen-bond donors (Lipinski definition) is 0. The summed E-state index contributed by atoms with van der Waals surface area (Å²) in [7, 11) is 3.36. The molecule has 0 aliphatic rings. The Hall–Kier alpha value is -2.38. The van der Waals surface area contributed by atoms with E-state index in [2.05, 4.69) is 26.1 Å². The number of aryl methyl sites for hydroxylation is 2. The minimum atomic E-state index is -0.245. The number of carbonyl (C=O) groups excluding carboxylic acids is 1. The molecular formula is C20H20BrClN4O2. The van der Waals surface area contributed by atoms with Crippen LogP contribution in [0.4, 0.5) is 0 Å². The average molecular weight is 464 g/mol. The Kier molecular flexibility index (Phi) is 6.05. The van der Waals surface area contributed by atoms with E-state index in [1.54, 1.807) is 26.4 Å². The third-order valence-corrected chi connectivity index (χ3v) is 5.79. The van der Waals surface area contributed by atoms with Crippen LogP contribution >= 0.6 is 27.5 Å². The summed E-state index contributed by atoms with van der Waals surface area (Å²) >= 11 is 9.59. The molecule has 0 bridgehead atoms. The first kappa shape index (κ1) is 20.4. The number of rotatable bonds is 6. The van der Waals surface area contributed by atoms with Gasteiger partial charge in [0.15, 0.2) is 5.69 Å². The molecule has 28 heavy (non-hydrogen) atoms. The molecule has 3 rings (SSSR count). The number of ether oxygens (including phenoxy) is 1. The zero-order valence-electron chi connectivity index (χ0n) is 16.0. The fourth-order valence-corrected chi connectivity index (χ4v) is 3.45. The molecule has 8 heteroatoms. The Balaban J connectivity index is 1.87. The highest BCUT2D eigenvalue weighted by atomic mass is 79.9. The lowest BCUT2D eigenvalue weighted by Gasteiger charge is -2.11. The molecule has 3 aromatic rings. The molecule has 0 amide bonds. The van der Waals surface area contributed by atoms with Gasteiger partial charge in [-0.2, -0.15) is 10.2 Å². The van der Waals surface area contributed by atoms with Crippen molar-refractivity contribution in [2.75, 3.05) is 7.11 Å². The van der Waals surface area contributed by atoms with Gasteiger partial charge in [-0.3, -0.25) is 14.2 Å². The highest BCUT2D eigenvalue weighted by Gasteiger charge is 2.13. The number of nitrogens with zero attached hydrogens (tertiary/aromatic N) is 4. The van der Waals surface area contributed by atoms with Crippen LogP contribution in [0.5, 0.6) is 5.75 Å². The Morgan fingerprint density at radius 3 is 2.64 bits per heavy atom. The summed E-state index contributed by atoms with van der Waals surface area (Å²) < 4.78 is 9.92. The van der Waals surface area contributed by atoms with Crippen molar-refractivity contribution in [3.63, 3.8) is 0 Å². The van der Waals surface area contributed by atoms with Crippen LogP contribution in [-0.2, 0) is 13.6 Å². The van der Waals surface area contributed by atoms with Gasteiger partial charge in [0, 0.05) is 18.8 Å². The molecule has 2 heterocycles. The predicted molar refractivity (Wildman–Crippen MR) is 113 cm³/mol. The van der Waals surface area contributed by atoms with Crippen molar-refractivity contribution in [2.45, 2.75) is 20.4 Å². The van der Waals surface area contributed by atoms with E-state index in [9.17, 15) is 4.79 Å². The number of benzene rings is 1. The summed E-state index contributed by atoms with van der Waals surface area (Å²) in [6.45, 7) is 4.52. The minimum absolute atomic E-state index is 0.238. The highest BCUT2D eigenvalue weighted by Crippen LogP contribution is 2.25. The van der Waals surface area contributed by atoms with Crippen LogP contribution in [0.1, 0.15) is 33.0 Å². The molecule has 0 unspecified atom stereocenters. The van der Waals surface area contributed by atoms with Crippen molar-refractivity contribution in [3.05, 3.63) is 68.2 Å². The lowest BCUT2D eigenvalue weighted by Crippen LogP contribution is -2.06. The summed E-state index contributed by atoms with van der Waals surface area (Å²) in [6, 6.07) is 5.75. The standard InChI is InChI=1S/C20H20BrClN4O2/c1-12-19(21)13(2)26(23-12)10-15-9-14(6-8-18(15)28-4)5-7-17(27)20-16(22)11-25(3)24-20/h5-9,11H,10H2,1-4H3/b7-5+. The molecule has 6 nitrogen and oxygen atoms in total. The van der Waals surface area contributed by atoms with Crippen LogP contribution < -0.4 is 4.74 Å². The van der Waals surface area contributed by atoms with Gasteiger partial charge in [0.2, 0.25) is 5.78 Å². The highest BCUT2D eigenvalue weighted by molar-refractivity contribution is 9.10. The fraction of sp³-hybridized carbons (Fsp3) is 0.250. The molecule has 0 spiro atoms. The van der Waals surface area contributed by atoms with Gasteiger partial charge >= 0.3 is 0 Å². The number of carbonyl (C=O) groups is 1. The molecule has 146 valence electrons. The molecule has 2 aromatic heterocycles. The van der Waals surface area contributed by atoms with Gasteiger partial charge in [-0.15, -0.1) is 0 Å². The SMILES string of the molecule is COc1ccc(/C=C/C(=O)c2nn(C)cc2Cl)cc1Cn1nc(C)c(Br)c1C. The van der Waals surface area contributed by atoms with E-state index in [4.69, 9.17) is 16.3 Å². The Labute approximate surface area is 176 Å². The molecule has 0 fully saturated rings. The van der Waals surface area contributed by atoms with Crippen molar-refractivity contribution >= 4 is 39.4 Å². The molecule has 0 N–H and O–H groups in total. The summed E-state index contributed by atoms with van der Waals surface area (Å²) in [4.78, 5) is 12.3. The molecule has 0 aliphatic carbocycles. The number of hydrogen-bond acceptors (Lipinski definition) is 4. The lowest BCUT2D eigenvalue weighted by atomic mass is 10.1. The van der Waals surface area contributed by atoms with E-state index in [1.807, 2.05) is 36.7 Å². The fourth-order valence-electron chi connectivity index (χ4n) is 2.89. The van der Waals surface area contributed by atoms with Crippen LogP contribution in [0, 0.1) is 13.8 Å². The smallest absolute Gasteiger partial charge is 0.207 e. The van der Waals surface area contributed by atoms with E-state index in [-0.39, 0.29) is 11.5 Å². The Morgan fingerprint density at radius 2 is 2.07 bits per heavy atom. The van der Waals surface area contributed by atoms with Gasteiger partial charge in [-0.05, 0) is 53.5 Å². The van der Waals surface area contributed by atoms with Gasteiger partial charge in [-0.25, -0.2) is 0 Å². The molecule has 1 aromatic carbocycles. The van der Waals surface area contributed by atoms with Crippen molar-refractivity contribution in [1.29, 1.82) is 0 Å². The summed E-state index contributed by atoms with van der Waals surface area (Å²) in [5.74, 6) is 0.519. The van der Waals surface area contributed by atoms with Crippen LogP contribution in [0.2, 0.25) is 5.02 Å². The molecule has 0 aliphatic heterocycles. The summed E-state index contributed by atoms with van der Waals surface area (Å²) in [6.07, 6.45) is 4.81. The molecule has 0 atom stereocenters. The van der Waals surface area contributed by atoms with Crippen LogP contribution in [0.15, 0.2) is 34.9 Å². The van der Waals surface area contributed by atoms with E-state index in [0.717, 1.165) is 32.7 Å². The number of aromatic nitrogens is 4. The molecular weight excluding hydrogens is 444 g/mol. The second-order valence-electron chi connectivity index (χ2n) is 6.41. The third kappa shape index (κ3) is 4.20. The summed E-state index contributed by atoms with van der Waals surface area (Å²) in [5.41, 5.74) is 4.05. The number of methoxy groups -OCH3 is 1. The first-order valence-electron chi connectivity index (χ1n) is 8.58. The van der Waals surface area contributed by atoms with E-state index < -0.39 is 0 Å². The predicted octanol–water partition coefficient (Wildman–Crippen LogP) is 4.60. The van der Waals surface area contributed by atoms with Crippen LogP contribution in [0.25, 0.3) is 6.08 Å². The zero-order chi connectivity index (χ0) is 20.4. The first-order chi connectivity index (χ1) is 13.3. The van der Waals surface area contributed by atoms with E-state index in [1.165, 1.54) is 10.8 Å². The lowest BCUT2D eigenvalue weighted by molar-refractivity contribution is 0.104. The van der Waals surface area contributed by atoms with Gasteiger partial charge in [0.05, 0.1) is 34.5 Å². The average Bonchev–Trinajstić information content (AvgIpc) is 3.13. The molecule has 0 radical (unpaired) electrons. The quantitative estimate of drug-likeness (QED) is 0.396. The number of allylic oxidation sites excluding steroid dienone is 1. The van der Waals surface area contributed by atoms with Crippen LogP contribution in [0.3, 0.4) is 0 Å². The van der Waals surface area contributed by atoms with Gasteiger partial charge in [-0.1, -0.05) is 23.7 Å². The Morgan fingerprint density at radius 1 is 1.32 bits per heavy atom. The summed E-state index contributed by atoms with van der Waals surface area (Å²) in [5, 5.41) is 8.98. The molecule has 0 saturated carbocycles. The van der Waals surface area contributed by atoms with Crippen molar-refractivity contribution in [2.24, 2.45) is 7.05 Å². The second-order valence-corrected chi connectivity index (χ2v) is 7.61. The van der Waals surface area contributed by atoms with Crippen LogP contribution in [-0.4, -0.2) is 32.5 Å². The van der Waals surface area contributed by atoms with Gasteiger partial charge in [0.25, 0.3) is 0 Å². The maximum Gasteiger partial charge on any atom is 0.207 e. The monoisotopic (exact) mass is 462 g/mol. The number of halogens is 2. The van der Waals surface area contributed by atoms with Crippen molar-refractivity contribution in [1.82, 2.24) is 19.6 Å². The number of ketones is 1. The minimum Gasteiger partial charge on any atom is -0.496 e. The van der Waals surface area contributed by atoms with Crippen molar-refractivity contribution in [3.8, 4) is 5.75 Å². The maximum atomic E-state index is 12.3. The van der Waals surface area contributed by atoms with Gasteiger partial charge < -0.3 is 4.74 Å². The molecule has 0 saturated heterocycles. The van der Waals surface area contributed by atoms with Crippen molar-refractivity contribution < 1.29 is 9.53 Å². The topological polar surface area (TPSA) is 61.9 Å². The Bertz CT molecular complexity index is 1070. The maximum absolute atomic E-state index is 12.3.